The molecule has 0 aromatic heterocycles. The molecule has 0 spiro atoms. The van der Waals surface area contributed by atoms with Gasteiger partial charge in [0.2, 0.25) is 5.91 Å². The fourth-order valence-corrected chi connectivity index (χ4v) is 3.36. The van der Waals surface area contributed by atoms with Crippen LogP contribution in [0.15, 0.2) is 24.3 Å². The minimum atomic E-state index is -0.0983. The fraction of sp³-hybridized carbons (Fsp3) is 0.579. The van der Waals surface area contributed by atoms with Crippen molar-refractivity contribution in [3.8, 4) is 0 Å². The van der Waals surface area contributed by atoms with Gasteiger partial charge in [0, 0.05) is 37.7 Å². The molecule has 2 unspecified atom stereocenters. The Hall–Kier alpha value is -1.63. The van der Waals surface area contributed by atoms with Crippen molar-refractivity contribution >= 4 is 24.2 Å². The summed E-state index contributed by atoms with van der Waals surface area (Å²) in [6.07, 6.45) is 4.92. The molecule has 7 heteroatoms. The first-order chi connectivity index (χ1) is 12.2. The van der Waals surface area contributed by atoms with Crippen LogP contribution in [0.5, 0.6) is 0 Å². The van der Waals surface area contributed by atoms with Crippen molar-refractivity contribution in [1.82, 2.24) is 16.0 Å². The van der Waals surface area contributed by atoms with E-state index >= 15 is 0 Å². The predicted octanol–water partition coefficient (Wildman–Crippen LogP) is 1.78. The molecule has 1 aromatic rings. The Morgan fingerprint density at radius 2 is 2.08 bits per heavy atom. The highest BCUT2D eigenvalue weighted by Gasteiger charge is 2.18. The van der Waals surface area contributed by atoms with Crippen LogP contribution < -0.4 is 16.0 Å². The van der Waals surface area contributed by atoms with E-state index in [1.165, 1.54) is 0 Å². The van der Waals surface area contributed by atoms with Crippen molar-refractivity contribution in [2.24, 2.45) is 0 Å². The normalized spacial score (nSPS) is 21.8. The summed E-state index contributed by atoms with van der Waals surface area (Å²) >= 11 is 0. The smallest absolute Gasteiger partial charge is 0.251 e. The van der Waals surface area contributed by atoms with E-state index in [9.17, 15) is 9.59 Å². The number of hydrogen-bond donors (Lipinski definition) is 3. The highest BCUT2D eigenvalue weighted by molar-refractivity contribution is 5.94. The molecule has 144 valence electrons. The van der Waals surface area contributed by atoms with Gasteiger partial charge in [-0.15, -0.1) is 12.4 Å². The average molecular weight is 382 g/mol. The van der Waals surface area contributed by atoms with Crippen LogP contribution in [0, 0.1) is 0 Å². The molecule has 2 aliphatic rings. The van der Waals surface area contributed by atoms with Gasteiger partial charge in [0.1, 0.15) is 0 Å². The van der Waals surface area contributed by atoms with Gasteiger partial charge in [-0.05, 0) is 49.9 Å². The van der Waals surface area contributed by atoms with Crippen LogP contribution in [0.3, 0.4) is 0 Å². The number of carbonyl (C=O) groups is 2. The zero-order chi connectivity index (χ0) is 17.5. The zero-order valence-corrected chi connectivity index (χ0v) is 15.8. The number of ether oxygens (including phenoxy) is 1. The predicted molar refractivity (Wildman–Crippen MR) is 102 cm³/mol. The van der Waals surface area contributed by atoms with Crippen LogP contribution in [0.2, 0.25) is 0 Å². The Morgan fingerprint density at radius 3 is 2.81 bits per heavy atom. The number of hydrogen-bond acceptors (Lipinski definition) is 4. The second-order valence-corrected chi connectivity index (χ2v) is 6.82. The zero-order valence-electron chi connectivity index (χ0n) is 15.0. The lowest BCUT2D eigenvalue weighted by atomic mass is 10.1. The second-order valence-electron chi connectivity index (χ2n) is 6.82. The lowest BCUT2D eigenvalue weighted by Crippen LogP contribution is -2.32. The minimum Gasteiger partial charge on any atom is -0.376 e. The molecule has 2 aliphatic heterocycles. The van der Waals surface area contributed by atoms with Gasteiger partial charge in [-0.2, -0.15) is 0 Å². The summed E-state index contributed by atoms with van der Waals surface area (Å²) in [7, 11) is 0. The van der Waals surface area contributed by atoms with Gasteiger partial charge < -0.3 is 20.7 Å². The molecule has 3 N–H and O–H groups in total. The molecule has 2 saturated heterocycles. The number of nitrogens with one attached hydrogen (secondary N) is 3. The van der Waals surface area contributed by atoms with Crippen molar-refractivity contribution in [3.63, 3.8) is 0 Å². The first-order valence-electron chi connectivity index (χ1n) is 9.19. The second kappa shape index (κ2) is 10.5. The monoisotopic (exact) mass is 381 g/mol. The molecule has 2 fully saturated rings. The van der Waals surface area contributed by atoms with Gasteiger partial charge in [-0.3, -0.25) is 9.59 Å². The number of amides is 2. The molecule has 1 aromatic carbocycles. The summed E-state index contributed by atoms with van der Waals surface area (Å²) in [4.78, 5) is 24.3. The van der Waals surface area contributed by atoms with Crippen LogP contribution in [-0.4, -0.2) is 43.7 Å². The molecule has 0 bridgehead atoms. The van der Waals surface area contributed by atoms with Crippen LogP contribution in [0.4, 0.5) is 0 Å². The van der Waals surface area contributed by atoms with Gasteiger partial charge in [0.05, 0.1) is 6.10 Å². The summed E-state index contributed by atoms with van der Waals surface area (Å²) in [5, 5.41) is 9.18. The van der Waals surface area contributed by atoms with E-state index in [0.717, 1.165) is 44.4 Å². The standard InChI is InChI=1S/C19H27N3O3.ClH/c23-18(11-16-6-2-8-20-16)21-12-14-4-1-5-15(10-14)19(24)22-13-17-7-3-9-25-17;/h1,4-5,10,16-17,20H,2-3,6-9,11-13H2,(H,21,23)(H,22,24);1H. The SMILES string of the molecule is Cl.O=C(CC1CCCN1)NCc1cccc(C(=O)NCC2CCCO2)c1. The average Bonchev–Trinajstić information content (AvgIpc) is 3.32. The Kier molecular flexibility index (Phi) is 8.35. The fourth-order valence-electron chi connectivity index (χ4n) is 3.36. The van der Waals surface area contributed by atoms with Crippen LogP contribution in [0.1, 0.15) is 48.0 Å². The molecule has 2 amide bonds. The maximum absolute atomic E-state index is 12.3. The maximum atomic E-state index is 12.3. The number of carbonyl (C=O) groups excluding carboxylic acids is 2. The van der Waals surface area contributed by atoms with E-state index in [4.69, 9.17) is 4.74 Å². The number of halogens is 1. The van der Waals surface area contributed by atoms with Gasteiger partial charge >= 0.3 is 0 Å². The molecule has 0 aliphatic carbocycles. The molecular formula is C19H28ClN3O3. The molecule has 2 atom stereocenters. The van der Waals surface area contributed by atoms with Crippen molar-refractivity contribution in [1.29, 1.82) is 0 Å². The number of rotatable bonds is 7. The lowest BCUT2D eigenvalue weighted by Gasteiger charge is -2.12. The number of benzene rings is 1. The summed E-state index contributed by atoms with van der Waals surface area (Å²) in [5.41, 5.74) is 1.54. The quantitative estimate of drug-likeness (QED) is 0.672. The third-order valence-corrected chi connectivity index (χ3v) is 4.79. The summed E-state index contributed by atoms with van der Waals surface area (Å²) in [5.74, 6) is -0.0496. The van der Waals surface area contributed by atoms with Crippen LogP contribution in [0.25, 0.3) is 0 Å². The van der Waals surface area contributed by atoms with Crippen molar-refractivity contribution in [2.45, 2.75) is 50.8 Å². The van der Waals surface area contributed by atoms with E-state index in [1.54, 1.807) is 6.07 Å². The minimum absolute atomic E-state index is 0. The van der Waals surface area contributed by atoms with E-state index in [-0.39, 0.29) is 30.3 Å². The van der Waals surface area contributed by atoms with E-state index < -0.39 is 0 Å². The Labute approximate surface area is 160 Å². The van der Waals surface area contributed by atoms with Gasteiger partial charge in [0.15, 0.2) is 0 Å². The Morgan fingerprint density at radius 1 is 1.19 bits per heavy atom. The molecular weight excluding hydrogens is 354 g/mol. The van der Waals surface area contributed by atoms with Crippen LogP contribution >= 0.6 is 12.4 Å². The van der Waals surface area contributed by atoms with Crippen LogP contribution in [-0.2, 0) is 16.1 Å². The van der Waals surface area contributed by atoms with Gasteiger partial charge in [-0.25, -0.2) is 0 Å². The molecule has 6 nitrogen and oxygen atoms in total. The summed E-state index contributed by atoms with van der Waals surface area (Å²) in [6, 6.07) is 7.69. The Balaban J connectivity index is 0.00000243. The first kappa shape index (κ1) is 20.7. The summed E-state index contributed by atoms with van der Waals surface area (Å²) in [6.45, 7) is 2.78. The molecule has 26 heavy (non-hydrogen) atoms. The van der Waals surface area contributed by atoms with Gasteiger partial charge in [-0.1, -0.05) is 12.1 Å². The van der Waals surface area contributed by atoms with E-state index in [2.05, 4.69) is 16.0 Å². The van der Waals surface area contributed by atoms with Crippen molar-refractivity contribution in [2.75, 3.05) is 19.7 Å². The molecule has 2 heterocycles. The largest absolute Gasteiger partial charge is 0.376 e. The summed E-state index contributed by atoms with van der Waals surface area (Å²) < 4.78 is 5.52. The molecule has 0 saturated carbocycles. The molecule has 0 radical (unpaired) electrons. The van der Waals surface area contributed by atoms with Gasteiger partial charge in [0.25, 0.3) is 5.91 Å². The third kappa shape index (κ3) is 6.27. The topological polar surface area (TPSA) is 79.5 Å². The van der Waals surface area contributed by atoms with E-state index in [1.807, 2.05) is 18.2 Å². The van der Waals surface area contributed by atoms with Crippen molar-refractivity contribution < 1.29 is 14.3 Å². The first-order valence-corrected chi connectivity index (χ1v) is 9.19. The highest BCUT2D eigenvalue weighted by Crippen LogP contribution is 2.12. The highest BCUT2D eigenvalue weighted by atomic mass is 35.5. The Bertz CT molecular complexity index is 599. The third-order valence-electron chi connectivity index (χ3n) is 4.79. The molecule has 3 rings (SSSR count). The van der Waals surface area contributed by atoms with E-state index in [0.29, 0.717) is 31.1 Å². The maximum Gasteiger partial charge on any atom is 0.251 e. The lowest BCUT2D eigenvalue weighted by molar-refractivity contribution is -0.121. The van der Waals surface area contributed by atoms with Crippen molar-refractivity contribution in [3.05, 3.63) is 35.4 Å².